The number of ether oxygens (including phenoxy) is 1. The highest BCUT2D eigenvalue weighted by Gasteiger charge is 2.12. The molecule has 0 radical (unpaired) electrons. The summed E-state index contributed by atoms with van der Waals surface area (Å²) in [4.78, 5) is 19.6. The number of carbonyl (C=O) groups excluding carboxylic acids is 1. The summed E-state index contributed by atoms with van der Waals surface area (Å²) in [5.74, 6) is -1.83. The summed E-state index contributed by atoms with van der Waals surface area (Å²) in [7, 11) is 1.26. The minimum Gasteiger partial charge on any atom is -0.464 e. The molecule has 5 nitrogen and oxygen atoms in total. The van der Waals surface area contributed by atoms with Crippen molar-refractivity contribution in [3.05, 3.63) is 59.7 Å². The van der Waals surface area contributed by atoms with Crippen molar-refractivity contribution in [3.8, 4) is 0 Å². The van der Waals surface area contributed by atoms with Crippen LogP contribution in [0.1, 0.15) is 16.1 Å². The van der Waals surface area contributed by atoms with Crippen LogP contribution >= 0.6 is 0 Å². The first-order valence-electron chi connectivity index (χ1n) is 6.41. The summed E-state index contributed by atoms with van der Waals surface area (Å²) in [5, 5.41) is 0. The number of pyridine rings is 1. The maximum Gasteiger partial charge on any atom is 0.356 e. The average molecular weight is 303 g/mol. The number of aromatic nitrogens is 3. The number of hydrogen-bond donors (Lipinski definition) is 0. The number of esters is 1. The zero-order valence-corrected chi connectivity index (χ0v) is 11.6. The molecule has 2 aromatic heterocycles. The zero-order chi connectivity index (χ0) is 15.7. The first-order chi connectivity index (χ1) is 10.6. The fourth-order valence-electron chi connectivity index (χ4n) is 2.14. The van der Waals surface area contributed by atoms with Crippen molar-refractivity contribution >= 4 is 17.0 Å². The minimum absolute atomic E-state index is 0.135. The lowest BCUT2D eigenvalue weighted by atomic mass is 10.2. The number of imidazole rings is 1. The van der Waals surface area contributed by atoms with Crippen LogP contribution in [0.25, 0.3) is 11.0 Å². The van der Waals surface area contributed by atoms with Gasteiger partial charge in [0.15, 0.2) is 5.69 Å². The number of nitrogens with zero attached hydrogens (tertiary/aromatic N) is 3. The van der Waals surface area contributed by atoms with Gasteiger partial charge in [-0.25, -0.2) is 23.5 Å². The molecule has 0 atom stereocenters. The molecule has 0 aliphatic rings. The maximum atomic E-state index is 13.7. The molecule has 0 bridgehead atoms. The summed E-state index contributed by atoms with van der Waals surface area (Å²) in [6.45, 7) is 0.160. The molecule has 0 spiro atoms. The van der Waals surface area contributed by atoms with Gasteiger partial charge in [-0.2, -0.15) is 0 Å². The van der Waals surface area contributed by atoms with E-state index in [1.54, 1.807) is 4.57 Å². The summed E-state index contributed by atoms with van der Waals surface area (Å²) in [5.41, 5.74) is 1.63. The normalized spacial score (nSPS) is 10.9. The number of carbonyl (C=O) groups is 1. The summed E-state index contributed by atoms with van der Waals surface area (Å²) in [6, 6.07) is 4.92. The molecule has 0 fully saturated rings. The van der Waals surface area contributed by atoms with E-state index >= 15 is 0 Å². The molecule has 22 heavy (non-hydrogen) atoms. The Morgan fingerprint density at radius 2 is 2.09 bits per heavy atom. The van der Waals surface area contributed by atoms with Crippen molar-refractivity contribution in [3.63, 3.8) is 0 Å². The predicted octanol–water partition coefficient (Wildman–Crippen LogP) is 2.54. The molecule has 7 heteroatoms. The Hall–Kier alpha value is -2.83. The number of fused-ring (bicyclic) bond motifs is 1. The van der Waals surface area contributed by atoms with Gasteiger partial charge in [0.2, 0.25) is 0 Å². The second-order valence-corrected chi connectivity index (χ2v) is 4.66. The molecular formula is C15H11F2N3O2. The van der Waals surface area contributed by atoms with Crippen LogP contribution < -0.4 is 0 Å². The SMILES string of the molecule is COC(=O)c1cc2c(cn1)ncn2Cc1ccc(F)cc1F. The Labute approximate surface area is 124 Å². The number of benzene rings is 1. The number of rotatable bonds is 3. The van der Waals surface area contributed by atoms with E-state index in [9.17, 15) is 13.6 Å². The largest absolute Gasteiger partial charge is 0.464 e. The Morgan fingerprint density at radius 3 is 2.82 bits per heavy atom. The number of hydrogen-bond acceptors (Lipinski definition) is 4. The zero-order valence-electron chi connectivity index (χ0n) is 11.6. The van der Waals surface area contributed by atoms with E-state index in [1.165, 1.54) is 37.8 Å². The van der Waals surface area contributed by atoms with Crippen LogP contribution in [0.5, 0.6) is 0 Å². The van der Waals surface area contributed by atoms with Crippen LogP contribution in [0.2, 0.25) is 0 Å². The van der Waals surface area contributed by atoms with Crippen molar-refractivity contribution in [2.24, 2.45) is 0 Å². The van der Waals surface area contributed by atoms with Crippen LogP contribution in [0, 0.1) is 11.6 Å². The lowest BCUT2D eigenvalue weighted by Gasteiger charge is -2.06. The molecule has 0 N–H and O–H groups in total. The van der Waals surface area contributed by atoms with Crippen molar-refractivity contribution < 1.29 is 18.3 Å². The highest BCUT2D eigenvalue weighted by molar-refractivity contribution is 5.91. The molecule has 0 aliphatic carbocycles. The molecule has 0 amide bonds. The highest BCUT2D eigenvalue weighted by Crippen LogP contribution is 2.17. The van der Waals surface area contributed by atoms with E-state index in [0.717, 1.165) is 6.07 Å². The summed E-state index contributed by atoms with van der Waals surface area (Å²) in [6.07, 6.45) is 2.95. The predicted molar refractivity (Wildman–Crippen MR) is 74.3 cm³/mol. The van der Waals surface area contributed by atoms with Crippen LogP contribution in [-0.4, -0.2) is 27.6 Å². The molecule has 112 valence electrons. The molecule has 3 rings (SSSR count). The fraction of sp³-hybridized carbons (Fsp3) is 0.133. The lowest BCUT2D eigenvalue weighted by molar-refractivity contribution is 0.0594. The van der Waals surface area contributed by atoms with E-state index in [2.05, 4.69) is 14.7 Å². The van der Waals surface area contributed by atoms with Crippen LogP contribution in [0.3, 0.4) is 0 Å². The quantitative estimate of drug-likeness (QED) is 0.698. The van der Waals surface area contributed by atoms with Crippen LogP contribution in [0.4, 0.5) is 8.78 Å². The maximum absolute atomic E-state index is 13.7. The third-order valence-electron chi connectivity index (χ3n) is 3.26. The monoisotopic (exact) mass is 303 g/mol. The lowest BCUT2D eigenvalue weighted by Crippen LogP contribution is -2.05. The molecule has 3 aromatic rings. The Balaban J connectivity index is 2.01. The number of methoxy groups -OCH3 is 1. The van der Waals surface area contributed by atoms with Gasteiger partial charge in [0.05, 0.1) is 31.7 Å². The van der Waals surface area contributed by atoms with Gasteiger partial charge in [-0.3, -0.25) is 0 Å². The molecule has 2 heterocycles. The summed E-state index contributed by atoms with van der Waals surface area (Å²) < 4.78 is 33.0. The molecule has 1 aromatic carbocycles. The number of halogens is 2. The minimum atomic E-state index is -0.635. The molecule has 0 saturated heterocycles. The standard InChI is InChI=1S/C15H11F2N3O2/c1-22-15(21)12-5-14-13(6-18-12)19-8-20(14)7-9-2-3-10(16)4-11(9)17/h2-6,8H,7H2,1H3. The van der Waals surface area contributed by atoms with E-state index in [-0.39, 0.29) is 12.2 Å². The first-order valence-corrected chi connectivity index (χ1v) is 6.41. The smallest absolute Gasteiger partial charge is 0.356 e. The topological polar surface area (TPSA) is 57.0 Å². The Kier molecular flexibility index (Phi) is 3.54. The van der Waals surface area contributed by atoms with Gasteiger partial charge >= 0.3 is 5.97 Å². The average Bonchev–Trinajstić information content (AvgIpc) is 2.91. The second kappa shape index (κ2) is 5.51. The second-order valence-electron chi connectivity index (χ2n) is 4.66. The van der Waals surface area contributed by atoms with Gasteiger partial charge in [0.25, 0.3) is 0 Å². The molecule has 0 saturated carbocycles. The van der Waals surface area contributed by atoms with Gasteiger partial charge in [0.1, 0.15) is 17.2 Å². The van der Waals surface area contributed by atoms with Crippen molar-refractivity contribution in [2.75, 3.05) is 7.11 Å². The Bertz CT molecular complexity index is 861. The summed E-state index contributed by atoms with van der Waals surface area (Å²) >= 11 is 0. The van der Waals surface area contributed by atoms with Crippen molar-refractivity contribution in [2.45, 2.75) is 6.54 Å². The van der Waals surface area contributed by atoms with Gasteiger partial charge in [-0.15, -0.1) is 0 Å². The van der Waals surface area contributed by atoms with E-state index in [4.69, 9.17) is 0 Å². The molecule has 0 aliphatic heterocycles. The van der Waals surface area contributed by atoms with Gasteiger partial charge < -0.3 is 9.30 Å². The third kappa shape index (κ3) is 2.52. The first kappa shape index (κ1) is 14.1. The molecular weight excluding hydrogens is 292 g/mol. The van der Waals surface area contributed by atoms with E-state index in [0.29, 0.717) is 16.6 Å². The van der Waals surface area contributed by atoms with Crippen molar-refractivity contribution in [1.82, 2.24) is 14.5 Å². The van der Waals surface area contributed by atoms with Gasteiger partial charge in [-0.05, 0) is 12.1 Å². The van der Waals surface area contributed by atoms with Gasteiger partial charge in [-0.1, -0.05) is 6.07 Å². The van der Waals surface area contributed by atoms with E-state index in [1.807, 2.05) is 0 Å². The van der Waals surface area contributed by atoms with Gasteiger partial charge in [0, 0.05) is 11.6 Å². The Morgan fingerprint density at radius 1 is 1.27 bits per heavy atom. The van der Waals surface area contributed by atoms with Crippen LogP contribution in [0.15, 0.2) is 36.8 Å². The van der Waals surface area contributed by atoms with E-state index < -0.39 is 17.6 Å². The van der Waals surface area contributed by atoms with Crippen molar-refractivity contribution in [1.29, 1.82) is 0 Å². The third-order valence-corrected chi connectivity index (χ3v) is 3.26. The highest BCUT2D eigenvalue weighted by atomic mass is 19.1. The fourth-order valence-corrected chi connectivity index (χ4v) is 2.14. The molecule has 0 unspecified atom stereocenters. The van der Waals surface area contributed by atoms with Crippen LogP contribution in [-0.2, 0) is 11.3 Å².